The van der Waals surface area contributed by atoms with Gasteiger partial charge in [-0.1, -0.05) is 19.1 Å². The molecule has 1 aliphatic rings. The highest BCUT2D eigenvalue weighted by molar-refractivity contribution is 5.95. The Morgan fingerprint density at radius 1 is 1.37 bits per heavy atom. The van der Waals surface area contributed by atoms with Crippen molar-refractivity contribution >= 4 is 17.6 Å². The molecule has 4 heteroatoms. The molecule has 19 heavy (non-hydrogen) atoms. The van der Waals surface area contributed by atoms with E-state index in [0.717, 1.165) is 30.6 Å². The average Bonchev–Trinajstić information content (AvgIpc) is 2.80. The lowest BCUT2D eigenvalue weighted by Crippen LogP contribution is -2.27. The predicted octanol–water partition coefficient (Wildman–Crippen LogP) is 2.39. The van der Waals surface area contributed by atoms with Gasteiger partial charge in [0.2, 0.25) is 5.91 Å². The number of hydrogen-bond donors (Lipinski definition) is 1. The summed E-state index contributed by atoms with van der Waals surface area (Å²) in [5.74, 6) is -0.585. The van der Waals surface area contributed by atoms with Crippen molar-refractivity contribution in [3.8, 4) is 0 Å². The Kier molecular flexibility index (Phi) is 4.20. The first-order chi connectivity index (χ1) is 9.11. The van der Waals surface area contributed by atoms with Crippen LogP contribution >= 0.6 is 0 Å². The molecule has 1 aromatic rings. The van der Waals surface area contributed by atoms with Crippen LogP contribution in [0.2, 0.25) is 0 Å². The number of carbonyl (C=O) groups excluding carboxylic acids is 1. The molecule has 0 fully saturated rings. The number of carbonyl (C=O) groups is 2. The third-order valence-corrected chi connectivity index (χ3v) is 3.50. The fraction of sp³-hybridized carbons (Fsp3) is 0.467. The maximum Gasteiger partial charge on any atom is 0.303 e. The number of aliphatic carboxylic acids is 1. The summed E-state index contributed by atoms with van der Waals surface area (Å²) in [4.78, 5) is 24.1. The highest BCUT2D eigenvalue weighted by Crippen LogP contribution is 2.29. The van der Waals surface area contributed by atoms with Gasteiger partial charge in [0.05, 0.1) is 0 Å². The minimum atomic E-state index is -0.749. The standard InChI is InChI=1S/C15H19NO3/c1-2-14(17)16-9-8-12-10-11(6-7-13(12)16)4-3-5-15(18)19/h6-7,10H,2-5,8-9H2,1H3,(H,18,19). The van der Waals surface area contributed by atoms with Gasteiger partial charge >= 0.3 is 5.97 Å². The Bertz CT molecular complexity index is 496. The monoisotopic (exact) mass is 261 g/mol. The summed E-state index contributed by atoms with van der Waals surface area (Å²) in [6.45, 7) is 2.64. The van der Waals surface area contributed by atoms with Crippen LogP contribution in [0.4, 0.5) is 5.69 Å². The first kappa shape index (κ1) is 13.6. The summed E-state index contributed by atoms with van der Waals surface area (Å²) in [7, 11) is 0. The van der Waals surface area contributed by atoms with E-state index in [1.165, 1.54) is 5.56 Å². The van der Waals surface area contributed by atoms with Gasteiger partial charge in [0, 0.05) is 25.1 Å². The van der Waals surface area contributed by atoms with E-state index >= 15 is 0 Å². The number of benzene rings is 1. The Hall–Kier alpha value is -1.84. The second kappa shape index (κ2) is 5.87. The number of carboxylic acid groups (broad SMARTS) is 1. The van der Waals surface area contributed by atoms with E-state index in [1.54, 1.807) is 0 Å². The predicted molar refractivity (Wildman–Crippen MR) is 73.4 cm³/mol. The number of fused-ring (bicyclic) bond motifs is 1. The number of hydrogen-bond acceptors (Lipinski definition) is 2. The molecule has 2 rings (SSSR count). The summed E-state index contributed by atoms with van der Waals surface area (Å²) in [5, 5.41) is 8.63. The third-order valence-electron chi connectivity index (χ3n) is 3.50. The molecular formula is C15H19NO3. The number of anilines is 1. The van der Waals surface area contributed by atoms with Crippen molar-refractivity contribution in [1.82, 2.24) is 0 Å². The number of rotatable bonds is 5. The molecular weight excluding hydrogens is 242 g/mol. The lowest BCUT2D eigenvalue weighted by molar-refractivity contribution is -0.137. The molecule has 102 valence electrons. The fourth-order valence-electron chi connectivity index (χ4n) is 2.50. The van der Waals surface area contributed by atoms with Gasteiger partial charge in [0.15, 0.2) is 0 Å². The molecule has 0 saturated heterocycles. The topological polar surface area (TPSA) is 57.6 Å². The smallest absolute Gasteiger partial charge is 0.303 e. The summed E-state index contributed by atoms with van der Waals surface area (Å²) >= 11 is 0. The largest absolute Gasteiger partial charge is 0.481 e. The van der Waals surface area contributed by atoms with Crippen LogP contribution in [0.3, 0.4) is 0 Å². The Balaban J connectivity index is 2.05. The molecule has 0 aliphatic carbocycles. The van der Waals surface area contributed by atoms with Crippen LogP contribution < -0.4 is 4.90 Å². The van der Waals surface area contributed by atoms with Crippen LogP contribution in [-0.2, 0) is 22.4 Å². The van der Waals surface area contributed by atoms with E-state index in [9.17, 15) is 9.59 Å². The number of amides is 1. The van der Waals surface area contributed by atoms with Crippen molar-refractivity contribution in [2.24, 2.45) is 0 Å². The Morgan fingerprint density at radius 3 is 2.84 bits per heavy atom. The summed E-state index contributed by atoms with van der Waals surface area (Å²) in [6, 6.07) is 6.11. The van der Waals surface area contributed by atoms with Crippen molar-refractivity contribution < 1.29 is 14.7 Å². The van der Waals surface area contributed by atoms with Crippen molar-refractivity contribution in [3.63, 3.8) is 0 Å². The third kappa shape index (κ3) is 3.13. The lowest BCUT2D eigenvalue weighted by Gasteiger charge is -2.16. The molecule has 0 aromatic heterocycles. The van der Waals surface area contributed by atoms with Crippen molar-refractivity contribution in [2.75, 3.05) is 11.4 Å². The Labute approximate surface area is 113 Å². The first-order valence-electron chi connectivity index (χ1n) is 6.75. The number of aryl methyl sites for hydroxylation is 1. The van der Waals surface area contributed by atoms with Crippen LogP contribution in [0.5, 0.6) is 0 Å². The van der Waals surface area contributed by atoms with Crippen LogP contribution in [-0.4, -0.2) is 23.5 Å². The minimum absolute atomic E-state index is 0.164. The molecule has 1 aliphatic heterocycles. The average molecular weight is 261 g/mol. The van der Waals surface area contributed by atoms with E-state index in [4.69, 9.17) is 5.11 Å². The second-order valence-corrected chi connectivity index (χ2v) is 4.86. The molecule has 1 heterocycles. The van der Waals surface area contributed by atoms with Gasteiger partial charge in [-0.2, -0.15) is 0 Å². The van der Waals surface area contributed by atoms with E-state index in [0.29, 0.717) is 12.8 Å². The number of nitrogens with zero attached hydrogens (tertiary/aromatic N) is 1. The SMILES string of the molecule is CCC(=O)N1CCc2cc(CCCC(=O)O)ccc21. The highest BCUT2D eigenvalue weighted by atomic mass is 16.4. The Morgan fingerprint density at radius 2 is 2.16 bits per heavy atom. The normalized spacial score (nSPS) is 13.4. The van der Waals surface area contributed by atoms with Gasteiger partial charge in [0.1, 0.15) is 0 Å². The van der Waals surface area contributed by atoms with Gasteiger partial charge in [-0.15, -0.1) is 0 Å². The molecule has 0 radical (unpaired) electrons. The fourth-order valence-corrected chi connectivity index (χ4v) is 2.50. The first-order valence-corrected chi connectivity index (χ1v) is 6.75. The van der Waals surface area contributed by atoms with Gasteiger partial charge in [-0.3, -0.25) is 9.59 Å². The van der Waals surface area contributed by atoms with Crippen LogP contribution in [0.1, 0.15) is 37.3 Å². The van der Waals surface area contributed by atoms with Gasteiger partial charge < -0.3 is 10.0 Å². The minimum Gasteiger partial charge on any atom is -0.481 e. The van der Waals surface area contributed by atoms with E-state index in [2.05, 4.69) is 6.07 Å². The summed E-state index contributed by atoms with van der Waals surface area (Å²) < 4.78 is 0. The zero-order valence-electron chi connectivity index (χ0n) is 11.2. The summed E-state index contributed by atoms with van der Waals surface area (Å²) in [6.07, 6.45) is 3.07. The zero-order chi connectivity index (χ0) is 13.8. The molecule has 4 nitrogen and oxygen atoms in total. The molecule has 0 unspecified atom stereocenters. The van der Waals surface area contributed by atoms with Gasteiger partial charge in [-0.05, 0) is 36.5 Å². The molecule has 1 amide bonds. The van der Waals surface area contributed by atoms with E-state index in [-0.39, 0.29) is 12.3 Å². The molecule has 0 saturated carbocycles. The van der Waals surface area contributed by atoms with E-state index in [1.807, 2.05) is 24.0 Å². The van der Waals surface area contributed by atoms with Crippen molar-refractivity contribution in [2.45, 2.75) is 39.0 Å². The summed E-state index contributed by atoms with van der Waals surface area (Å²) in [5.41, 5.74) is 3.38. The quantitative estimate of drug-likeness (QED) is 0.885. The van der Waals surface area contributed by atoms with Crippen LogP contribution in [0.25, 0.3) is 0 Å². The highest BCUT2D eigenvalue weighted by Gasteiger charge is 2.23. The van der Waals surface area contributed by atoms with Gasteiger partial charge in [-0.25, -0.2) is 0 Å². The van der Waals surface area contributed by atoms with Crippen molar-refractivity contribution in [3.05, 3.63) is 29.3 Å². The molecule has 1 N–H and O–H groups in total. The number of carboxylic acids is 1. The maximum atomic E-state index is 11.8. The zero-order valence-corrected chi connectivity index (χ0v) is 11.2. The molecule has 1 aromatic carbocycles. The lowest BCUT2D eigenvalue weighted by atomic mass is 10.0. The van der Waals surface area contributed by atoms with E-state index < -0.39 is 5.97 Å². The molecule has 0 spiro atoms. The van der Waals surface area contributed by atoms with Crippen molar-refractivity contribution in [1.29, 1.82) is 0 Å². The van der Waals surface area contributed by atoms with Gasteiger partial charge in [0.25, 0.3) is 0 Å². The molecule has 0 atom stereocenters. The van der Waals surface area contributed by atoms with Crippen LogP contribution in [0, 0.1) is 0 Å². The second-order valence-electron chi connectivity index (χ2n) is 4.86. The maximum absolute atomic E-state index is 11.8. The molecule has 0 bridgehead atoms. The van der Waals surface area contributed by atoms with Crippen LogP contribution in [0.15, 0.2) is 18.2 Å².